The summed E-state index contributed by atoms with van der Waals surface area (Å²) in [6.07, 6.45) is 0.643. The van der Waals surface area contributed by atoms with Crippen molar-refractivity contribution in [1.29, 1.82) is 0 Å². The number of rotatable bonds is 2. The van der Waals surface area contributed by atoms with Gasteiger partial charge in [-0.3, -0.25) is 0 Å². The van der Waals surface area contributed by atoms with E-state index >= 15 is 0 Å². The fraction of sp³-hybridized carbons (Fsp3) is 0.400. The molecule has 1 aromatic carbocycles. The van der Waals surface area contributed by atoms with E-state index in [4.69, 9.17) is 0 Å². The highest BCUT2D eigenvalue weighted by Gasteiger charge is 2.24. The highest BCUT2D eigenvalue weighted by molar-refractivity contribution is 5.44. The van der Waals surface area contributed by atoms with E-state index in [1.807, 2.05) is 0 Å². The Labute approximate surface area is 80.1 Å². The molecule has 2 nitrogen and oxygen atoms in total. The summed E-state index contributed by atoms with van der Waals surface area (Å²) in [6, 6.07) is 4.86. The van der Waals surface area contributed by atoms with Gasteiger partial charge in [0.2, 0.25) is 0 Å². The third-order valence-electron chi connectivity index (χ3n) is 2.41. The Balaban J connectivity index is 2.34. The van der Waals surface area contributed by atoms with E-state index in [0.29, 0.717) is 24.0 Å². The molecular weight excluding hydrogens is 190 g/mol. The fourth-order valence-corrected chi connectivity index (χ4v) is 1.81. The smallest absolute Gasteiger partial charge is 0.387 e. The van der Waals surface area contributed by atoms with Crippen molar-refractivity contribution in [2.75, 3.05) is 0 Å². The van der Waals surface area contributed by atoms with Crippen LogP contribution in [-0.2, 0) is 6.42 Å². The van der Waals surface area contributed by atoms with E-state index in [1.54, 1.807) is 12.1 Å². The molecule has 0 heterocycles. The van der Waals surface area contributed by atoms with E-state index in [0.717, 1.165) is 0 Å². The highest BCUT2D eigenvalue weighted by Crippen LogP contribution is 2.37. The van der Waals surface area contributed by atoms with Crippen molar-refractivity contribution in [2.24, 2.45) is 0 Å². The molecule has 14 heavy (non-hydrogen) atoms. The van der Waals surface area contributed by atoms with Crippen molar-refractivity contribution in [3.05, 3.63) is 29.3 Å². The first-order chi connectivity index (χ1) is 6.68. The highest BCUT2D eigenvalue weighted by atomic mass is 19.3. The predicted octanol–water partition coefficient (Wildman–Crippen LogP) is 2.27. The molecule has 1 aliphatic carbocycles. The van der Waals surface area contributed by atoms with Crippen LogP contribution in [0.2, 0.25) is 0 Å². The van der Waals surface area contributed by atoms with Gasteiger partial charge >= 0.3 is 6.61 Å². The van der Waals surface area contributed by atoms with Crippen molar-refractivity contribution in [1.82, 2.24) is 0 Å². The standard InChI is InChI=1S/C10H10F2O2/c11-10(12)14-9-3-1-2-6-7(9)4-5-8(6)13/h1-3,8,10,13H,4-5H2. The van der Waals surface area contributed by atoms with Crippen LogP contribution in [0, 0.1) is 0 Å². The minimum Gasteiger partial charge on any atom is -0.435 e. The second kappa shape index (κ2) is 3.53. The Morgan fingerprint density at radius 2 is 2.21 bits per heavy atom. The molecule has 0 aliphatic heterocycles. The zero-order valence-corrected chi connectivity index (χ0v) is 7.41. The average molecular weight is 200 g/mol. The summed E-state index contributed by atoms with van der Waals surface area (Å²) in [5.41, 5.74) is 1.42. The van der Waals surface area contributed by atoms with Crippen molar-refractivity contribution in [2.45, 2.75) is 25.6 Å². The van der Waals surface area contributed by atoms with Crippen molar-refractivity contribution in [3.63, 3.8) is 0 Å². The summed E-state index contributed by atoms with van der Waals surface area (Å²) in [4.78, 5) is 0. The van der Waals surface area contributed by atoms with Crippen LogP contribution in [0.15, 0.2) is 18.2 Å². The lowest BCUT2D eigenvalue weighted by molar-refractivity contribution is -0.0504. The molecule has 1 aromatic rings. The number of benzene rings is 1. The molecule has 0 spiro atoms. The lowest BCUT2D eigenvalue weighted by Crippen LogP contribution is -2.04. The van der Waals surface area contributed by atoms with Gasteiger partial charge in [0.25, 0.3) is 0 Å². The molecule has 0 amide bonds. The van der Waals surface area contributed by atoms with E-state index in [9.17, 15) is 13.9 Å². The molecule has 0 saturated heterocycles. The summed E-state index contributed by atoms with van der Waals surface area (Å²) in [7, 11) is 0. The van der Waals surface area contributed by atoms with Gasteiger partial charge in [-0.15, -0.1) is 0 Å². The second-order valence-electron chi connectivity index (χ2n) is 3.26. The lowest BCUT2D eigenvalue weighted by Gasteiger charge is -2.09. The number of hydrogen-bond donors (Lipinski definition) is 1. The lowest BCUT2D eigenvalue weighted by atomic mass is 10.1. The topological polar surface area (TPSA) is 29.5 Å². The van der Waals surface area contributed by atoms with Gasteiger partial charge < -0.3 is 9.84 Å². The Morgan fingerprint density at radius 3 is 2.93 bits per heavy atom. The van der Waals surface area contributed by atoms with Crippen LogP contribution in [0.5, 0.6) is 5.75 Å². The molecule has 0 aromatic heterocycles. The third-order valence-corrected chi connectivity index (χ3v) is 2.41. The number of hydrogen-bond acceptors (Lipinski definition) is 2. The molecule has 0 fully saturated rings. The van der Waals surface area contributed by atoms with Gasteiger partial charge in [0.05, 0.1) is 6.10 Å². The molecule has 2 rings (SSSR count). The van der Waals surface area contributed by atoms with Crippen molar-refractivity contribution >= 4 is 0 Å². The van der Waals surface area contributed by atoms with E-state index < -0.39 is 12.7 Å². The van der Waals surface area contributed by atoms with Crippen LogP contribution in [0.25, 0.3) is 0 Å². The number of ether oxygens (including phenoxy) is 1. The van der Waals surface area contributed by atoms with Gasteiger partial charge in [0, 0.05) is 5.56 Å². The van der Waals surface area contributed by atoms with Gasteiger partial charge in [-0.25, -0.2) is 0 Å². The van der Waals surface area contributed by atoms with Gasteiger partial charge in [-0.1, -0.05) is 12.1 Å². The maximum Gasteiger partial charge on any atom is 0.387 e. The largest absolute Gasteiger partial charge is 0.435 e. The molecular formula is C10H10F2O2. The Hall–Kier alpha value is -1.16. The molecule has 1 N–H and O–H groups in total. The van der Waals surface area contributed by atoms with Crippen LogP contribution < -0.4 is 4.74 Å². The van der Waals surface area contributed by atoms with Crippen molar-refractivity contribution < 1.29 is 18.6 Å². The fourth-order valence-electron chi connectivity index (χ4n) is 1.81. The minimum absolute atomic E-state index is 0.189. The normalized spacial score (nSPS) is 19.9. The number of aliphatic hydroxyl groups excluding tert-OH is 1. The first-order valence-corrected chi connectivity index (χ1v) is 4.43. The zero-order chi connectivity index (χ0) is 10.1. The molecule has 1 unspecified atom stereocenters. The Morgan fingerprint density at radius 1 is 1.43 bits per heavy atom. The molecule has 76 valence electrons. The van der Waals surface area contributed by atoms with Crippen LogP contribution in [-0.4, -0.2) is 11.7 Å². The van der Waals surface area contributed by atoms with Crippen LogP contribution in [0.3, 0.4) is 0 Å². The predicted molar refractivity (Wildman–Crippen MR) is 46.4 cm³/mol. The zero-order valence-electron chi connectivity index (χ0n) is 7.41. The molecule has 0 saturated carbocycles. The molecule has 0 bridgehead atoms. The first kappa shape index (κ1) is 9.40. The number of halogens is 2. The second-order valence-corrected chi connectivity index (χ2v) is 3.26. The third kappa shape index (κ3) is 1.57. The maximum atomic E-state index is 12.0. The SMILES string of the molecule is OC1CCc2c(OC(F)F)cccc21. The molecule has 0 radical (unpaired) electrons. The Bertz CT molecular complexity index is 339. The maximum absolute atomic E-state index is 12.0. The van der Waals surface area contributed by atoms with Gasteiger partial charge in [0.15, 0.2) is 0 Å². The number of alkyl halides is 2. The van der Waals surface area contributed by atoms with E-state index in [1.165, 1.54) is 6.07 Å². The van der Waals surface area contributed by atoms with Crippen molar-refractivity contribution in [3.8, 4) is 5.75 Å². The van der Waals surface area contributed by atoms with Crippen LogP contribution in [0.4, 0.5) is 8.78 Å². The van der Waals surface area contributed by atoms with E-state index in [2.05, 4.69) is 4.74 Å². The number of aliphatic hydroxyl groups is 1. The molecule has 4 heteroatoms. The Kier molecular flexibility index (Phi) is 2.37. The first-order valence-electron chi connectivity index (χ1n) is 4.43. The summed E-state index contributed by atoms with van der Waals surface area (Å²) in [5.74, 6) is 0.189. The van der Waals surface area contributed by atoms with Crippen LogP contribution in [0.1, 0.15) is 23.7 Å². The van der Waals surface area contributed by atoms with Gasteiger partial charge in [0.1, 0.15) is 5.75 Å². The van der Waals surface area contributed by atoms with Gasteiger partial charge in [-0.05, 0) is 24.5 Å². The van der Waals surface area contributed by atoms with E-state index in [-0.39, 0.29) is 5.75 Å². The summed E-state index contributed by atoms with van der Waals surface area (Å²) in [6.45, 7) is -2.81. The average Bonchev–Trinajstić information content (AvgIpc) is 2.49. The quantitative estimate of drug-likeness (QED) is 0.793. The minimum atomic E-state index is -2.81. The summed E-state index contributed by atoms with van der Waals surface area (Å²) in [5, 5.41) is 9.50. The van der Waals surface area contributed by atoms with Crippen LogP contribution >= 0.6 is 0 Å². The summed E-state index contributed by atoms with van der Waals surface area (Å²) < 4.78 is 28.4. The molecule has 1 aliphatic rings. The van der Waals surface area contributed by atoms with Gasteiger partial charge in [-0.2, -0.15) is 8.78 Å². The summed E-state index contributed by atoms with van der Waals surface area (Å²) >= 11 is 0. The number of fused-ring (bicyclic) bond motifs is 1. The molecule has 1 atom stereocenters. The monoisotopic (exact) mass is 200 g/mol.